The van der Waals surface area contributed by atoms with Crippen molar-refractivity contribution in [2.45, 2.75) is 0 Å². The first-order chi connectivity index (χ1) is 12.5. The standard InChI is InChI=1S/C17H15FN2O5S/c1-23-16-8-11-13(9-17(16)24-2)19-6-5-14(11)25-15-4-3-10(7-12(15)18)20-26(21)22/h3-9,20H,1-2H3,(H,21,22)/p-1. The molecule has 7 nitrogen and oxygen atoms in total. The summed E-state index contributed by atoms with van der Waals surface area (Å²) in [5.41, 5.74) is 0.676. The van der Waals surface area contributed by atoms with Crippen molar-refractivity contribution in [1.29, 1.82) is 0 Å². The van der Waals surface area contributed by atoms with Crippen molar-refractivity contribution < 1.29 is 27.4 Å². The first-order valence-electron chi connectivity index (χ1n) is 7.36. The normalized spacial score (nSPS) is 11.8. The second-order valence-corrected chi connectivity index (χ2v) is 5.79. The summed E-state index contributed by atoms with van der Waals surface area (Å²) in [6.07, 6.45) is 1.53. The zero-order chi connectivity index (χ0) is 18.7. The fourth-order valence-corrected chi connectivity index (χ4v) is 2.72. The van der Waals surface area contributed by atoms with Gasteiger partial charge in [0.1, 0.15) is 5.75 Å². The van der Waals surface area contributed by atoms with Crippen LogP contribution in [0, 0.1) is 5.82 Å². The molecular weight excluding hydrogens is 363 g/mol. The third-order valence-corrected chi connectivity index (χ3v) is 3.96. The van der Waals surface area contributed by atoms with E-state index in [9.17, 15) is 13.2 Å². The molecule has 1 aromatic heterocycles. The van der Waals surface area contributed by atoms with Gasteiger partial charge in [0.2, 0.25) is 0 Å². The summed E-state index contributed by atoms with van der Waals surface area (Å²) in [6.45, 7) is 0. The van der Waals surface area contributed by atoms with Crippen LogP contribution >= 0.6 is 0 Å². The lowest BCUT2D eigenvalue weighted by atomic mass is 10.2. The van der Waals surface area contributed by atoms with Gasteiger partial charge in [-0.25, -0.2) is 4.39 Å². The van der Waals surface area contributed by atoms with Crippen LogP contribution < -0.4 is 18.9 Å². The van der Waals surface area contributed by atoms with E-state index in [1.54, 1.807) is 18.2 Å². The van der Waals surface area contributed by atoms with Crippen LogP contribution in [0.1, 0.15) is 0 Å². The topological polar surface area (TPSA) is 92.7 Å². The van der Waals surface area contributed by atoms with Crippen LogP contribution in [0.15, 0.2) is 42.6 Å². The Morgan fingerprint density at radius 2 is 1.77 bits per heavy atom. The minimum Gasteiger partial charge on any atom is -0.755 e. The molecule has 3 rings (SSSR count). The van der Waals surface area contributed by atoms with Gasteiger partial charge in [-0.05, 0) is 24.3 Å². The largest absolute Gasteiger partial charge is 0.755 e. The lowest BCUT2D eigenvalue weighted by Crippen LogP contribution is -2.02. The van der Waals surface area contributed by atoms with Gasteiger partial charge in [-0.1, -0.05) is 0 Å². The lowest BCUT2D eigenvalue weighted by molar-refractivity contribution is 0.355. The van der Waals surface area contributed by atoms with Crippen molar-refractivity contribution in [3.63, 3.8) is 0 Å². The zero-order valence-electron chi connectivity index (χ0n) is 13.8. The molecule has 0 aliphatic carbocycles. The highest BCUT2D eigenvalue weighted by Gasteiger charge is 2.13. The van der Waals surface area contributed by atoms with E-state index in [0.717, 1.165) is 6.07 Å². The first-order valence-corrected chi connectivity index (χ1v) is 8.43. The van der Waals surface area contributed by atoms with Gasteiger partial charge in [0, 0.05) is 40.7 Å². The Labute approximate surface area is 151 Å². The first kappa shape index (κ1) is 17.9. The number of halogens is 1. The predicted octanol–water partition coefficient (Wildman–Crippen LogP) is 3.39. The quantitative estimate of drug-likeness (QED) is 0.662. The molecule has 1 atom stereocenters. The van der Waals surface area contributed by atoms with Gasteiger partial charge in [0.25, 0.3) is 0 Å². The number of nitrogens with one attached hydrogen (secondary N) is 1. The fraction of sp³-hybridized carbons (Fsp3) is 0.118. The Balaban J connectivity index is 1.99. The molecule has 0 fully saturated rings. The molecule has 26 heavy (non-hydrogen) atoms. The summed E-state index contributed by atoms with van der Waals surface area (Å²) in [7, 11) is 3.02. The van der Waals surface area contributed by atoms with Crippen LogP contribution in [0.2, 0.25) is 0 Å². The molecule has 0 radical (unpaired) electrons. The minimum atomic E-state index is -2.54. The summed E-state index contributed by atoms with van der Waals surface area (Å²) in [5, 5.41) is 0.604. The minimum absolute atomic E-state index is 0.0606. The number of hydrogen-bond acceptors (Lipinski definition) is 6. The predicted molar refractivity (Wildman–Crippen MR) is 93.9 cm³/mol. The van der Waals surface area contributed by atoms with Crippen molar-refractivity contribution in [1.82, 2.24) is 4.98 Å². The summed E-state index contributed by atoms with van der Waals surface area (Å²) < 4.78 is 53.7. The SMILES string of the molecule is COc1cc2nccc(Oc3ccc(NS(=O)[O-])cc3F)c2cc1OC. The number of anilines is 1. The monoisotopic (exact) mass is 377 g/mol. The highest BCUT2D eigenvalue weighted by molar-refractivity contribution is 7.80. The van der Waals surface area contributed by atoms with Gasteiger partial charge in [-0.15, -0.1) is 0 Å². The van der Waals surface area contributed by atoms with Crippen molar-refractivity contribution in [3.05, 3.63) is 48.4 Å². The molecule has 0 aliphatic heterocycles. The van der Waals surface area contributed by atoms with E-state index in [0.29, 0.717) is 28.2 Å². The molecule has 136 valence electrons. The summed E-state index contributed by atoms with van der Waals surface area (Å²) in [6, 6.07) is 8.71. The number of ether oxygens (including phenoxy) is 3. The Hall–Kier alpha value is -2.91. The molecule has 0 saturated carbocycles. The van der Waals surface area contributed by atoms with Crippen molar-refractivity contribution >= 4 is 27.9 Å². The van der Waals surface area contributed by atoms with E-state index in [4.69, 9.17) is 14.2 Å². The molecule has 3 aromatic rings. The molecule has 0 aliphatic rings. The maximum absolute atomic E-state index is 14.2. The molecule has 0 bridgehead atoms. The molecular formula is C17H14FN2O5S-. The molecule has 9 heteroatoms. The maximum Gasteiger partial charge on any atom is 0.167 e. The second kappa shape index (κ2) is 7.54. The van der Waals surface area contributed by atoms with Crippen molar-refractivity contribution in [2.24, 2.45) is 0 Å². The Bertz CT molecular complexity index is 983. The number of fused-ring (bicyclic) bond motifs is 1. The Morgan fingerprint density at radius 1 is 1.04 bits per heavy atom. The van der Waals surface area contributed by atoms with E-state index >= 15 is 0 Å². The molecule has 1 unspecified atom stereocenters. The van der Waals surface area contributed by atoms with Crippen molar-refractivity contribution in [3.8, 4) is 23.0 Å². The third-order valence-electron chi connectivity index (χ3n) is 3.56. The molecule has 1 N–H and O–H groups in total. The average Bonchev–Trinajstić information content (AvgIpc) is 2.62. The van der Waals surface area contributed by atoms with Gasteiger partial charge in [0.05, 0.1) is 19.7 Å². The molecule has 1 heterocycles. The number of aromatic nitrogens is 1. The lowest BCUT2D eigenvalue weighted by Gasteiger charge is -2.13. The number of rotatable bonds is 6. The molecule has 0 saturated heterocycles. The van der Waals surface area contributed by atoms with E-state index in [1.807, 2.05) is 0 Å². The molecule has 2 aromatic carbocycles. The number of pyridine rings is 1. The summed E-state index contributed by atoms with van der Waals surface area (Å²) in [4.78, 5) is 4.25. The van der Waals surface area contributed by atoms with E-state index < -0.39 is 17.1 Å². The number of methoxy groups -OCH3 is 2. The molecule has 0 amide bonds. The zero-order valence-corrected chi connectivity index (χ0v) is 14.6. The van der Waals surface area contributed by atoms with Crippen LogP contribution in [-0.4, -0.2) is 28.0 Å². The Morgan fingerprint density at radius 3 is 2.42 bits per heavy atom. The number of benzene rings is 2. The van der Waals surface area contributed by atoms with Gasteiger partial charge in [-0.3, -0.25) is 9.19 Å². The van der Waals surface area contributed by atoms with Gasteiger partial charge in [-0.2, -0.15) is 0 Å². The number of hydrogen-bond donors (Lipinski definition) is 1. The van der Waals surface area contributed by atoms with Crippen LogP contribution in [0.25, 0.3) is 10.9 Å². The van der Waals surface area contributed by atoms with E-state index in [2.05, 4.69) is 9.71 Å². The Kier molecular flexibility index (Phi) is 5.19. The highest BCUT2D eigenvalue weighted by Crippen LogP contribution is 2.37. The summed E-state index contributed by atoms with van der Waals surface area (Å²) >= 11 is -2.54. The molecule has 0 spiro atoms. The number of nitrogens with zero attached hydrogens (tertiary/aromatic N) is 1. The van der Waals surface area contributed by atoms with Crippen LogP contribution in [-0.2, 0) is 11.3 Å². The van der Waals surface area contributed by atoms with Crippen LogP contribution in [0.4, 0.5) is 10.1 Å². The summed E-state index contributed by atoms with van der Waals surface area (Å²) in [5.74, 6) is 0.580. The van der Waals surface area contributed by atoms with E-state index in [1.165, 1.54) is 32.5 Å². The average molecular weight is 377 g/mol. The fourth-order valence-electron chi connectivity index (χ4n) is 2.40. The smallest absolute Gasteiger partial charge is 0.167 e. The van der Waals surface area contributed by atoms with Gasteiger partial charge < -0.3 is 23.5 Å². The van der Waals surface area contributed by atoms with Gasteiger partial charge in [0.15, 0.2) is 23.1 Å². The van der Waals surface area contributed by atoms with Crippen LogP contribution in [0.3, 0.4) is 0 Å². The second-order valence-electron chi connectivity index (χ2n) is 5.12. The third kappa shape index (κ3) is 3.68. The van der Waals surface area contributed by atoms with Crippen LogP contribution in [0.5, 0.6) is 23.0 Å². The highest BCUT2D eigenvalue weighted by atomic mass is 32.2. The van der Waals surface area contributed by atoms with E-state index in [-0.39, 0.29) is 11.4 Å². The van der Waals surface area contributed by atoms with Crippen molar-refractivity contribution in [2.75, 3.05) is 18.9 Å². The maximum atomic E-state index is 14.2. The van der Waals surface area contributed by atoms with Gasteiger partial charge >= 0.3 is 0 Å².